The third kappa shape index (κ3) is 70.5. The van der Waals surface area contributed by atoms with Crippen LogP contribution < -0.4 is 0 Å². The van der Waals surface area contributed by atoms with Crippen molar-refractivity contribution in [1.82, 2.24) is 0 Å². The first-order chi connectivity index (χ1) is 41.0. The lowest BCUT2D eigenvalue weighted by molar-refractivity contribution is -0.167. The smallest absolute Gasteiger partial charge is 0.306 e. The molecule has 6 nitrogen and oxygen atoms in total. The average molecular weight is 1170 g/mol. The van der Waals surface area contributed by atoms with Gasteiger partial charge in [0.05, 0.1) is 0 Å². The van der Waals surface area contributed by atoms with Crippen molar-refractivity contribution in [1.29, 1.82) is 0 Å². The molecule has 0 N–H and O–H groups in total. The Bertz CT molecular complexity index is 1340. The summed E-state index contributed by atoms with van der Waals surface area (Å²) in [6.45, 7) is 6.66. The van der Waals surface area contributed by atoms with E-state index in [1.807, 2.05) is 0 Å². The van der Waals surface area contributed by atoms with E-state index < -0.39 is 6.10 Å². The quantitative estimate of drug-likeness (QED) is 0.0261. The average Bonchev–Trinajstić information content (AvgIpc) is 3.49. The predicted molar refractivity (Wildman–Crippen MR) is 363 cm³/mol. The van der Waals surface area contributed by atoms with Crippen LogP contribution in [-0.4, -0.2) is 37.2 Å². The van der Waals surface area contributed by atoms with Crippen molar-refractivity contribution in [2.45, 2.75) is 438 Å². The van der Waals surface area contributed by atoms with E-state index in [4.69, 9.17) is 14.2 Å². The Hall–Kier alpha value is -2.11. The van der Waals surface area contributed by atoms with Crippen molar-refractivity contribution in [2.75, 3.05) is 13.2 Å². The molecule has 0 saturated carbocycles. The molecule has 0 saturated heterocycles. The van der Waals surface area contributed by atoms with E-state index in [-0.39, 0.29) is 31.1 Å². The summed E-state index contributed by atoms with van der Waals surface area (Å²) >= 11 is 0. The third-order valence-corrected chi connectivity index (χ3v) is 17.4. The Morgan fingerprint density at radius 1 is 0.241 bits per heavy atom. The zero-order valence-corrected chi connectivity index (χ0v) is 56.5. The van der Waals surface area contributed by atoms with Gasteiger partial charge in [0.15, 0.2) is 6.10 Å². The van der Waals surface area contributed by atoms with E-state index in [2.05, 4.69) is 45.1 Å². The van der Waals surface area contributed by atoms with Gasteiger partial charge in [-0.05, 0) is 44.9 Å². The molecule has 0 aromatic heterocycles. The second kappa shape index (κ2) is 72.4. The highest BCUT2D eigenvalue weighted by molar-refractivity contribution is 5.71. The second-order valence-corrected chi connectivity index (χ2v) is 25.9. The van der Waals surface area contributed by atoms with Gasteiger partial charge in [-0.2, -0.15) is 0 Å². The Kier molecular flexibility index (Phi) is 70.5. The summed E-state index contributed by atoms with van der Waals surface area (Å²) < 4.78 is 17.0. The number of hydrogen-bond donors (Lipinski definition) is 0. The van der Waals surface area contributed by atoms with Crippen LogP contribution >= 0.6 is 0 Å². The second-order valence-electron chi connectivity index (χ2n) is 25.9. The molecule has 0 aliphatic rings. The molecular weight excluding hydrogens is 1020 g/mol. The summed E-state index contributed by atoms with van der Waals surface area (Å²) in [7, 11) is 0. The topological polar surface area (TPSA) is 78.9 Å². The van der Waals surface area contributed by atoms with E-state index in [0.29, 0.717) is 19.3 Å². The van der Waals surface area contributed by atoms with Crippen molar-refractivity contribution in [3.05, 3.63) is 24.3 Å². The number of allylic oxidation sites excluding steroid dienone is 4. The Morgan fingerprint density at radius 2 is 0.458 bits per heavy atom. The van der Waals surface area contributed by atoms with E-state index in [0.717, 1.165) is 83.5 Å². The minimum atomic E-state index is -0.774. The van der Waals surface area contributed by atoms with Crippen LogP contribution in [0.3, 0.4) is 0 Å². The molecule has 0 heterocycles. The van der Waals surface area contributed by atoms with Crippen LogP contribution in [0.1, 0.15) is 432 Å². The minimum absolute atomic E-state index is 0.0692. The predicted octanol–water partition coefficient (Wildman–Crippen LogP) is 26.1. The number of rotatable bonds is 71. The molecule has 6 heteroatoms. The van der Waals surface area contributed by atoms with Crippen molar-refractivity contribution < 1.29 is 28.6 Å². The van der Waals surface area contributed by atoms with Crippen LogP contribution in [0.5, 0.6) is 0 Å². The van der Waals surface area contributed by atoms with Gasteiger partial charge in [0, 0.05) is 19.3 Å². The Labute approximate surface area is 519 Å². The normalized spacial score (nSPS) is 12.1. The van der Waals surface area contributed by atoms with Gasteiger partial charge >= 0.3 is 17.9 Å². The van der Waals surface area contributed by atoms with Gasteiger partial charge in [-0.25, -0.2) is 0 Å². The van der Waals surface area contributed by atoms with Crippen LogP contribution in [0.25, 0.3) is 0 Å². The molecule has 0 bridgehead atoms. The first kappa shape index (κ1) is 80.9. The SMILES string of the molecule is CCC/C=C\C/C=C\CCCCCCCC(=O)OCC(COC(=O)CCCCCCCCCCCCCCCCCCCCCCCCCCCCCCCCC)OC(=O)CCCCCCCCCCCCCCCCCCCCCCC. The summed E-state index contributed by atoms with van der Waals surface area (Å²) in [6, 6.07) is 0. The highest BCUT2D eigenvalue weighted by atomic mass is 16.6. The molecule has 0 radical (unpaired) electrons. The number of unbranched alkanes of at least 4 members (excludes halogenated alkanes) is 56. The first-order valence-corrected chi connectivity index (χ1v) is 37.8. The van der Waals surface area contributed by atoms with Crippen LogP contribution in [0.2, 0.25) is 0 Å². The maximum Gasteiger partial charge on any atom is 0.306 e. The Balaban J connectivity index is 4.13. The van der Waals surface area contributed by atoms with Gasteiger partial charge in [-0.15, -0.1) is 0 Å². The van der Waals surface area contributed by atoms with Crippen molar-refractivity contribution in [3.63, 3.8) is 0 Å². The van der Waals surface area contributed by atoms with Gasteiger partial charge in [-0.3, -0.25) is 14.4 Å². The van der Waals surface area contributed by atoms with E-state index >= 15 is 0 Å². The number of carbonyl (C=O) groups excluding carboxylic acids is 3. The molecule has 0 aromatic carbocycles. The van der Waals surface area contributed by atoms with Crippen LogP contribution in [0.15, 0.2) is 24.3 Å². The zero-order valence-electron chi connectivity index (χ0n) is 56.5. The molecule has 0 rings (SSSR count). The molecule has 0 aliphatic carbocycles. The molecular formula is C77H146O6. The number of carbonyl (C=O) groups is 3. The molecule has 0 fully saturated rings. The monoisotopic (exact) mass is 1170 g/mol. The van der Waals surface area contributed by atoms with Gasteiger partial charge in [0.2, 0.25) is 0 Å². The molecule has 1 atom stereocenters. The fraction of sp³-hybridized carbons (Fsp3) is 0.909. The van der Waals surface area contributed by atoms with E-state index in [1.165, 1.54) is 308 Å². The van der Waals surface area contributed by atoms with Crippen LogP contribution in [0.4, 0.5) is 0 Å². The fourth-order valence-electron chi connectivity index (χ4n) is 11.8. The lowest BCUT2D eigenvalue weighted by Crippen LogP contribution is -2.30. The lowest BCUT2D eigenvalue weighted by Gasteiger charge is -2.18. The van der Waals surface area contributed by atoms with E-state index in [9.17, 15) is 14.4 Å². The van der Waals surface area contributed by atoms with Gasteiger partial charge in [0.1, 0.15) is 13.2 Å². The summed E-state index contributed by atoms with van der Waals surface area (Å²) in [5, 5.41) is 0. The molecule has 0 spiro atoms. The molecule has 0 aliphatic heterocycles. The maximum atomic E-state index is 13.0. The van der Waals surface area contributed by atoms with Gasteiger partial charge < -0.3 is 14.2 Å². The minimum Gasteiger partial charge on any atom is -0.462 e. The summed E-state index contributed by atoms with van der Waals surface area (Å²) in [5.41, 5.74) is 0. The molecule has 0 aromatic rings. The standard InChI is InChI=1S/C77H146O6/c1-4-7-10-13-16-19-22-25-27-29-31-33-34-35-36-37-38-39-40-41-42-44-45-47-49-52-55-58-61-64-67-70-76(79)82-73-74(72-81-75(78)69-66-63-60-57-54-51-24-21-18-15-12-9-6-3)83-77(80)71-68-65-62-59-56-53-50-48-46-43-32-30-28-26-23-20-17-14-11-8-5-2/h12,15,21,24,74H,4-11,13-14,16-20,22-23,25-73H2,1-3H3/b15-12-,24-21-. The maximum absolute atomic E-state index is 13.0. The first-order valence-electron chi connectivity index (χ1n) is 37.8. The highest BCUT2D eigenvalue weighted by Crippen LogP contribution is 2.20. The molecule has 490 valence electrons. The third-order valence-electron chi connectivity index (χ3n) is 17.4. The number of hydrogen-bond acceptors (Lipinski definition) is 6. The van der Waals surface area contributed by atoms with Crippen LogP contribution in [-0.2, 0) is 28.6 Å². The highest BCUT2D eigenvalue weighted by Gasteiger charge is 2.20. The number of esters is 3. The van der Waals surface area contributed by atoms with Crippen molar-refractivity contribution in [2.24, 2.45) is 0 Å². The fourth-order valence-corrected chi connectivity index (χ4v) is 11.8. The molecule has 1 unspecified atom stereocenters. The number of ether oxygens (including phenoxy) is 3. The largest absolute Gasteiger partial charge is 0.462 e. The molecule has 0 amide bonds. The summed E-state index contributed by atoms with van der Waals surface area (Å²) in [4.78, 5) is 38.5. The Morgan fingerprint density at radius 3 is 0.711 bits per heavy atom. The summed E-state index contributed by atoms with van der Waals surface area (Å²) in [6.07, 6.45) is 89.6. The van der Waals surface area contributed by atoms with E-state index in [1.54, 1.807) is 0 Å². The lowest BCUT2D eigenvalue weighted by atomic mass is 10.0. The van der Waals surface area contributed by atoms with Crippen LogP contribution in [0, 0.1) is 0 Å². The van der Waals surface area contributed by atoms with Crippen molar-refractivity contribution in [3.8, 4) is 0 Å². The molecule has 83 heavy (non-hydrogen) atoms. The zero-order chi connectivity index (χ0) is 59.9. The van der Waals surface area contributed by atoms with Crippen molar-refractivity contribution >= 4 is 17.9 Å². The van der Waals surface area contributed by atoms with Gasteiger partial charge in [0.25, 0.3) is 0 Å². The van der Waals surface area contributed by atoms with Gasteiger partial charge in [-0.1, -0.05) is 392 Å². The summed E-state index contributed by atoms with van der Waals surface area (Å²) in [5.74, 6) is -0.850.